The number of fused-ring (bicyclic) bond motifs is 6. The van der Waals surface area contributed by atoms with E-state index in [-0.39, 0.29) is 37.0 Å². The second kappa shape index (κ2) is 20.9. The summed E-state index contributed by atoms with van der Waals surface area (Å²) in [6.45, 7) is 18.4. The van der Waals surface area contributed by atoms with Crippen molar-refractivity contribution in [2.75, 3.05) is 61.0 Å². The van der Waals surface area contributed by atoms with Crippen molar-refractivity contribution in [2.45, 2.75) is 129 Å². The van der Waals surface area contributed by atoms with Gasteiger partial charge >= 0.3 is 12.0 Å². The number of methoxy groups -OCH3 is 1. The van der Waals surface area contributed by atoms with Crippen LogP contribution < -0.4 is 10.7 Å². The number of nitrogens with zero attached hydrogens (tertiary/aromatic N) is 7. The van der Waals surface area contributed by atoms with Crippen LogP contribution in [0.4, 0.5) is 4.79 Å². The van der Waals surface area contributed by atoms with Crippen molar-refractivity contribution in [3.63, 3.8) is 0 Å². The number of hydrazine groups is 1. The monoisotopic (exact) mass is 998 g/mol. The first kappa shape index (κ1) is 53.0. The Morgan fingerprint density at radius 2 is 1.75 bits per heavy atom. The van der Waals surface area contributed by atoms with E-state index in [1.807, 2.05) is 71.8 Å². The van der Waals surface area contributed by atoms with E-state index in [0.717, 1.165) is 56.5 Å². The predicted molar refractivity (Wildman–Crippen MR) is 282 cm³/mol. The molecule has 1 spiro atoms. The van der Waals surface area contributed by atoms with Crippen LogP contribution in [0.1, 0.15) is 97.6 Å². The third-order valence-corrected chi connectivity index (χ3v) is 15.7. The topological polar surface area (TPSA) is 162 Å². The third kappa shape index (κ3) is 10.6. The van der Waals surface area contributed by atoms with Crippen LogP contribution in [0.3, 0.4) is 0 Å². The number of amides is 5. The molecule has 3 fully saturated rings. The Hall–Kier alpha value is -6.28. The average molecular weight is 998 g/mol. The number of likely N-dealkylation sites (tertiary alicyclic amines) is 2. The van der Waals surface area contributed by atoms with Crippen LogP contribution in [0, 0.1) is 23.2 Å². The van der Waals surface area contributed by atoms with Crippen molar-refractivity contribution in [1.29, 1.82) is 0 Å². The molecule has 390 valence electrons. The minimum Gasteiger partial charge on any atom is -0.464 e. The number of aromatic nitrogens is 2. The zero-order valence-electron chi connectivity index (χ0n) is 44.9. The summed E-state index contributed by atoms with van der Waals surface area (Å²) in [5.41, 5.74) is 9.47. The lowest BCUT2D eigenvalue weighted by Gasteiger charge is -2.62. The van der Waals surface area contributed by atoms with Crippen LogP contribution >= 0.6 is 0 Å². The zero-order chi connectivity index (χ0) is 52.7. The van der Waals surface area contributed by atoms with Crippen LogP contribution in [0.5, 0.6) is 0 Å². The third-order valence-electron chi connectivity index (χ3n) is 15.7. The highest BCUT2D eigenvalue weighted by Gasteiger charge is 2.57. The lowest BCUT2D eigenvalue weighted by molar-refractivity contribution is -0.155. The summed E-state index contributed by atoms with van der Waals surface area (Å²) in [5.74, 6) is 3.93. The Morgan fingerprint density at radius 1 is 1.01 bits per heavy atom. The molecular weight excluding hydrogens is 923 g/mol. The van der Waals surface area contributed by atoms with E-state index in [0.29, 0.717) is 52.0 Å². The minimum absolute atomic E-state index is 0.132. The quantitative estimate of drug-likeness (QED) is 0.141. The highest BCUT2D eigenvalue weighted by Crippen LogP contribution is 2.43. The highest BCUT2D eigenvalue weighted by molar-refractivity contribution is 5.97. The Bertz CT molecular complexity index is 2830. The summed E-state index contributed by atoms with van der Waals surface area (Å²) in [6.07, 6.45) is 4.01. The molecule has 8 rings (SSSR count). The van der Waals surface area contributed by atoms with Gasteiger partial charge in [-0.25, -0.2) is 10.2 Å². The molecule has 3 saturated heterocycles. The van der Waals surface area contributed by atoms with Crippen molar-refractivity contribution < 1.29 is 33.4 Å². The SMILES string of the molecule is CCn1c(-c2cccnc2[C@H](C)OC)c2c3cc(ccc31)-c1cccc(c1)C[C@H](NC(=O)[C@H](C(C)C)N(C)C(=O)N1CCC13CN(C(=O)C#CC(C)(C)N(C)C)C3)C(=O)N1CCC[C@H](N1)C(=O)OCC(C)(C)C2. The molecule has 2 N–H and O–H groups in total. The van der Waals surface area contributed by atoms with Gasteiger partial charge in [0.2, 0.25) is 5.91 Å². The minimum atomic E-state index is -1.06. The van der Waals surface area contributed by atoms with E-state index < -0.39 is 52.4 Å². The van der Waals surface area contributed by atoms with Gasteiger partial charge < -0.3 is 34.1 Å². The number of cyclic esters (lactones) is 1. The molecule has 0 saturated carbocycles. The number of nitrogens with one attached hydrogen (secondary N) is 2. The summed E-state index contributed by atoms with van der Waals surface area (Å²) in [7, 11) is 7.15. The van der Waals surface area contributed by atoms with Crippen molar-refractivity contribution >= 4 is 40.6 Å². The fourth-order valence-corrected chi connectivity index (χ4v) is 10.9. The largest absolute Gasteiger partial charge is 0.464 e. The van der Waals surface area contributed by atoms with Gasteiger partial charge in [-0.3, -0.25) is 34.1 Å². The summed E-state index contributed by atoms with van der Waals surface area (Å²) in [5, 5.41) is 5.62. The van der Waals surface area contributed by atoms with E-state index in [1.165, 1.54) is 9.91 Å². The number of benzene rings is 2. The maximum Gasteiger partial charge on any atom is 0.324 e. The van der Waals surface area contributed by atoms with Crippen molar-refractivity contribution in [1.82, 2.24) is 44.9 Å². The molecule has 16 heteroatoms. The fraction of sp³-hybridized carbons (Fsp3) is 0.544. The van der Waals surface area contributed by atoms with E-state index in [9.17, 15) is 24.0 Å². The van der Waals surface area contributed by atoms with Gasteiger partial charge in [0, 0.05) is 81.4 Å². The van der Waals surface area contributed by atoms with E-state index >= 15 is 0 Å². The van der Waals surface area contributed by atoms with Crippen LogP contribution in [-0.4, -0.2) is 154 Å². The van der Waals surface area contributed by atoms with Crippen LogP contribution in [-0.2, 0) is 48.0 Å². The van der Waals surface area contributed by atoms with Crippen molar-refractivity contribution in [3.8, 4) is 34.2 Å². The van der Waals surface area contributed by atoms with Gasteiger partial charge in [0.1, 0.15) is 18.1 Å². The molecule has 4 atom stereocenters. The number of rotatable bonds is 9. The lowest BCUT2D eigenvalue weighted by atomic mass is 9.77. The number of esters is 1. The number of urea groups is 1. The first-order valence-corrected chi connectivity index (χ1v) is 25.9. The van der Waals surface area contributed by atoms with Gasteiger partial charge in [0.25, 0.3) is 11.8 Å². The standard InChI is InChI=1S/C57H75N9O7/c1-13-64-46-22-21-40-31-42(46)43(50(64)41-19-15-26-58-48(41)37(4)72-12)32-55(5,6)35-73-53(70)44-20-16-27-66(60-44)52(69)45(30-38-17-14-18-39(40)29-38)59-51(68)49(36(2)3)62(11)54(71)65-28-25-57(65)33-63(34-57)47(67)23-24-56(7,8)61(9)10/h14-15,17-19,21-22,26,29,31,36-37,44-45,49,60H,13,16,20,25,27-28,30,32-35H2,1-12H3,(H,59,68)/t37-,44-,45-,49-/m0/s1. The number of hydrogen-bond acceptors (Lipinski definition) is 10. The Labute approximate surface area is 431 Å². The first-order valence-electron chi connectivity index (χ1n) is 25.9. The second-order valence-corrected chi connectivity index (χ2v) is 22.4. The molecule has 73 heavy (non-hydrogen) atoms. The second-order valence-electron chi connectivity index (χ2n) is 22.4. The first-order chi connectivity index (χ1) is 34.6. The molecule has 4 aliphatic heterocycles. The van der Waals surface area contributed by atoms with Gasteiger partial charge in [-0.05, 0) is 126 Å². The number of hydrogen-bond donors (Lipinski definition) is 2. The maximum atomic E-state index is 14.9. The molecule has 0 aliphatic carbocycles. The van der Waals surface area contributed by atoms with Crippen LogP contribution in [0.15, 0.2) is 60.8 Å². The summed E-state index contributed by atoms with van der Waals surface area (Å²) in [6, 6.07) is 15.5. The maximum absolute atomic E-state index is 14.9. The van der Waals surface area contributed by atoms with E-state index in [4.69, 9.17) is 14.5 Å². The highest BCUT2D eigenvalue weighted by atomic mass is 16.5. The van der Waals surface area contributed by atoms with Gasteiger partial charge in [0.15, 0.2) is 0 Å². The molecule has 4 aromatic rings. The average Bonchev–Trinajstić information content (AvgIpc) is 3.64. The summed E-state index contributed by atoms with van der Waals surface area (Å²) in [4.78, 5) is 82.8. The Balaban J connectivity index is 1.11. The van der Waals surface area contributed by atoms with E-state index in [1.54, 1.807) is 30.2 Å². The number of likely N-dealkylation sites (N-methyl/N-ethyl adjacent to an activating group) is 1. The number of ether oxygens (including phenoxy) is 2. The van der Waals surface area contributed by atoms with Gasteiger partial charge in [0.05, 0.1) is 35.2 Å². The summed E-state index contributed by atoms with van der Waals surface area (Å²) < 4.78 is 14.3. The molecular formula is C57H75N9O7. The smallest absolute Gasteiger partial charge is 0.324 e. The molecule has 4 aliphatic rings. The molecule has 0 unspecified atom stereocenters. The van der Waals surface area contributed by atoms with Gasteiger partial charge in [-0.1, -0.05) is 63.9 Å². The molecule has 5 amide bonds. The Kier molecular flexibility index (Phi) is 15.2. The van der Waals surface area contributed by atoms with E-state index in [2.05, 4.69) is 84.3 Å². The lowest BCUT2D eigenvalue weighted by Crippen LogP contribution is -2.79. The zero-order valence-corrected chi connectivity index (χ0v) is 44.9. The number of carbonyl (C=O) groups is 5. The number of aryl methyl sites for hydroxylation is 1. The molecule has 2 aromatic carbocycles. The molecule has 6 bridgehead atoms. The predicted octanol–water partition coefficient (Wildman–Crippen LogP) is 6.45. The molecule has 2 aromatic heterocycles. The van der Waals surface area contributed by atoms with Crippen molar-refractivity contribution in [3.05, 3.63) is 77.6 Å². The van der Waals surface area contributed by atoms with Crippen molar-refractivity contribution in [2.24, 2.45) is 11.3 Å². The van der Waals surface area contributed by atoms with Crippen LogP contribution in [0.25, 0.3) is 33.3 Å². The van der Waals surface area contributed by atoms with Gasteiger partial charge in [-0.2, -0.15) is 0 Å². The number of pyridine rings is 1. The molecule has 0 radical (unpaired) electrons. The fourth-order valence-electron chi connectivity index (χ4n) is 10.9. The normalized spacial score (nSPS) is 20.6. The number of carbonyl (C=O) groups excluding carboxylic acids is 5. The van der Waals surface area contributed by atoms with Gasteiger partial charge in [-0.15, -0.1) is 0 Å². The Morgan fingerprint density at radius 3 is 2.42 bits per heavy atom. The molecule has 6 heterocycles. The molecule has 16 nitrogen and oxygen atoms in total. The van der Waals surface area contributed by atoms with Crippen LogP contribution in [0.2, 0.25) is 0 Å². The summed E-state index contributed by atoms with van der Waals surface area (Å²) >= 11 is 0.